The van der Waals surface area contributed by atoms with Gasteiger partial charge in [-0.2, -0.15) is 4.98 Å². The third kappa shape index (κ3) is 3.32. The van der Waals surface area contributed by atoms with Gasteiger partial charge in [-0.25, -0.2) is 4.98 Å². The van der Waals surface area contributed by atoms with Crippen LogP contribution in [-0.2, 0) is 6.42 Å². The fraction of sp³-hybridized carbons (Fsp3) is 0.125. The molecule has 0 bridgehead atoms. The van der Waals surface area contributed by atoms with E-state index < -0.39 is 4.92 Å². The first kappa shape index (κ1) is 15.5. The zero-order valence-electron chi connectivity index (χ0n) is 12.6. The first-order valence-electron chi connectivity index (χ1n) is 7.17. The summed E-state index contributed by atoms with van der Waals surface area (Å²) in [5, 5.41) is 11.4. The number of anilines is 1. The molecule has 0 radical (unpaired) electrons. The first-order chi connectivity index (χ1) is 11.6. The molecule has 0 aliphatic carbocycles. The Bertz CT molecular complexity index is 835. The number of hydrogen-bond donors (Lipinski definition) is 1. The van der Waals surface area contributed by atoms with Gasteiger partial charge >= 0.3 is 5.69 Å². The Balaban J connectivity index is 1.88. The van der Waals surface area contributed by atoms with Gasteiger partial charge in [0.1, 0.15) is 0 Å². The highest BCUT2D eigenvalue weighted by Crippen LogP contribution is 2.35. The van der Waals surface area contributed by atoms with E-state index in [9.17, 15) is 10.1 Å². The van der Waals surface area contributed by atoms with Gasteiger partial charge in [0, 0.05) is 6.42 Å². The number of furan rings is 1. The second kappa shape index (κ2) is 6.78. The third-order valence-electron chi connectivity index (χ3n) is 3.28. The smallest absolute Gasteiger partial charge is 0.360 e. The summed E-state index contributed by atoms with van der Waals surface area (Å²) in [4.78, 5) is 18.6. The summed E-state index contributed by atoms with van der Waals surface area (Å²) in [5.74, 6) is -0.0692. The van der Waals surface area contributed by atoms with E-state index in [1.807, 2.05) is 30.3 Å². The van der Waals surface area contributed by atoms with E-state index >= 15 is 0 Å². The molecule has 0 unspecified atom stereocenters. The fourth-order valence-electron chi connectivity index (χ4n) is 2.21. The molecule has 2 aromatic heterocycles. The monoisotopic (exact) mass is 326 g/mol. The van der Waals surface area contributed by atoms with E-state index in [-0.39, 0.29) is 35.6 Å². The van der Waals surface area contributed by atoms with Crippen molar-refractivity contribution in [1.29, 1.82) is 0 Å². The van der Waals surface area contributed by atoms with E-state index in [2.05, 4.69) is 9.97 Å². The van der Waals surface area contributed by atoms with E-state index in [0.717, 1.165) is 5.56 Å². The molecule has 3 aromatic rings. The van der Waals surface area contributed by atoms with Gasteiger partial charge in [0.2, 0.25) is 5.95 Å². The molecular weight excluding hydrogens is 312 g/mol. The summed E-state index contributed by atoms with van der Waals surface area (Å²) in [7, 11) is 0. The van der Waals surface area contributed by atoms with Gasteiger partial charge in [0.15, 0.2) is 11.5 Å². The maximum absolute atomic E-state index is 11.4. The molecule has 0 saturated carbocycles. The maximum Gasteiger partial charge on any atom is 0.360 e. The molecule has 0 spiro atoms. The van der Waals surface area contributed by atoms with Crippen LogP contribution >= 0.6 is 0 Å². The molecule has 122 valence electrons. The summed E-state index contributed by atoms with van der Waals surface area (Å²) in [6.45, 7) is 0.221. The minimum atomic E-state index is -0.602. The van der Waals surface area contributed by atoms with Gasteiger partial charge in [-0.05, 0) is 17.7 Å². The van der Waals surface area contributed by atoms with Crippen LogP contribution in [0, 0.1) is 10.1 Å². The van der Waals surface area contributed by atoms with E-state index in [1.165, 1.54) is 6.26 Å². The van der Waals surface area contributed by atoms with Gasteiger partial charge in [-0.1, -0.05) is 30.3 Å². The Labute approximate surface area is 137 Å². The summed E-state index contributed by atoms with van der Waals surface area (Å²) in [5.41, 5.74) is 6.32. The first-order valence-corrected chi connectivity index (χ1v) is 7.17. The maximum atomic E-state index is 11.4. The van der Waals surface area contributed by atoms with Crippen LogP contribution in [-0.4, -0.2) is 21.5 Å². The lowest BCUT2D eigenvalue weighted by Crippen LogP contribution is -2.09. The minimum absolute atomic E-state index is 0.00721. The van der Waals surface area contributed by atoms with Gasteiger partial charge in [-0.15, -0.1) is 0 Å². The van der Waals surface area contributed by atoms with E-state index in [1.54, 1.807) is 12.1 Å². The van der Waals surface area contributed by atoms with Crippen molar-refractivity contribution in [3.63, 3.8) is 0 Å². The molecule has 8 heteroatoms. The number of benzene rings is 1. The molecule has 1 aromatic carbocycles. The highest BCUT2D eigenvalue weighted by Gasteiger charge is 2.28. The van der Waals surface area contributed by atoms with Crippen molar-refractivity contribution in [1.82, 2.24) is 9.97 Å². The van der Waals surface area contributed by atoms with Crippen LogP contribution in [0.2, 0.25) is 0 Å². The lowest BCUT2D eigenvalue weighted by molar-refractivity contribution is -0.385. The molecule has 24 heavy (non-hydrogen) atoms. The van der Waals surface area contributed by atoms with Crippen molar-refractivity contribution in [3.8, 4) is 17.3 Å². The highest BCUT2D eigenvalue weighted by atomic mass is 16.6. The number of nitrogens with zero attached hydrogens (tertiary/aromatic N) is 3. The molecule has 0 fully saturated rings. The molecule has 2 N–H and O–H groups in total. The van der Waals surface area contributed by atoms with Crippen LogP contribution in [0.5, 0.6) is 5.88 Å². The predicted octanol–water partition coefficient (Wildman–Crippen LogP) is 2.85. The van der Waals surface area contributed by atoms with Crippen molar-refractivity contribution >= 4 is 11.6 Å². The second-order valence-electron chi connectivity index (χ2n) is 4.90. The largest absolute Gasteiger partial charge is 0.472 e. The third-order valence-corrected chi connectivity index (χ3v) is 3.28. The zero-order chi connectivity index (χ0) is 16.9. The van der Waals surface area contributed by atoms with Crippen molar-refractivity contribution in [3.05, 3.63) is 64.4 Å². The highest BCUT2D eigenvalue weighted by molar-refractivity contribution is 5.69. The van der Waals surface area contributed by atoms with Crippen LogP contribution < -0.4 is 10.5 Å². The predicted molar refractivity (Wildman–Crippen MR) is 86.4 cm³/mol. The molecule has 2 heterocycles. The molecule has 0 saturated heterocycles. The average molecular weight is 326 g/mol. The van der Waals surface area contributed by atoms with Crippen molar-refractivity contribution in [2.75, 3.05) is 12.3 Å². The molecule has 0 aliphatic heterocycles. The van der Waals surface area contributed by atoms with Crippen LogP contribution in [0.25, 0.3) is 11.5 Å². The fourth-order valence-corrected chi connectivity index (χ4v) is 2.21. The molecule has 0 atom stereocenters. The number of aromatic nitrogens is 2. The lowest BCUT2D eigenvalue weighted by atomic mass is 10.2. The van der Waals surface area contributed by atoms with Crippen molar-refractivity contribution < 1.29 is 14.1 Å². The molecule has 0 amide bonds. The number of nitrogens with two attached hydrogens (primary N) is 1. The number of hydrogen-bond acceptors (Lipinski definition) is 7. The topological polar surface area (TPSA) is 117 Å². The van der Waals surface area contributed by atoms with Crippen LogP contribution in [0.15, 0.2) is 53.1 Å². The summed E-state index contributed by atoms with van der Waals surface area (Å²) in [6, 6.07) is 12.8. The summed E-state index contributed by atoms with van der Waals surface area (Å²) in [6.07, 6.45) is 1.98. The number of ether oxygens (including phenoxy) is 1. The van der Waals surface area contributed by atoms with Gasteiger partial charge in [0.25, 0.3) is 5.88 Å². The standard InChI is InChI=1S/C16H14N4O4/c17-16-18-13(12-7-4-9-23-12)14(20(21)22)15(19-16)24-10-8-11-5-2-1-3-6-11/h1-7,9H,8,10H2,(H2,17,18,19). The van der Waals surface area contributed by atoms with Crippen molar-refractivity contribution in [2.45, 2.75) is 6.42 Å². The Kier molecular flexibility index (Phi) is 4.37. The van der Waals surface area contributed by atoms with Crippen LogP contribution in [0.1, 0.15) is 5.56 Å². The van der Waals surface area contributed by atoms with Crippen LogP contribution in [0.4, 0.5) is 11.6 Å². The minimum Gasteiger partial charge on any atom is -0.472 e. The molecule has 0 aliphatic rings. The molecular formula is C16H14N4O4. The Morgan fingerprint density at radius 2 is 1.96 bits per heavy atom. The lowest BCUT2D eigenvalue weighted by Gasteiger charge is -2.08. The number of nitro groups is 1. The van der Waals surface area contributed by atoms with Gasteiger partial charge in [-0.3, -0.25) is 10.1 Å². The number of nitrogen functional groups attached to an aromatic ring is 1. The normalized spacial score (nSPS) is 10.5. The zero-order valence-corrected chi connectivity index (χ0v) is 12.6. The summed E-state index contributed by atoms with van der Waals surface area (Å²) >= 11 is 0. The SMILES string of the molecule is Nc1nc(OCCc2ccccc2)c([N+](=O)[O-])c(-c2ccco2)n1. The summed E-state index contributed by atoms with van der Waals surface area (Å²) < 4.78 is 10.7. The Morgan fingerprint density at radius 1 is 1.17 bits per heavy atom. The van der Waals surface area contributed by atoms with Gasteiger partial charge in [0.05, 0.1) is 17.8 Å². The van der Waals surface area contributed by atoms with Gasteiger partial charge < -0.3 is 14.9 Å². The van der Waals surface area contributed by atoms with Crippen LogP contribution in [0.3, 0.4) is 0 Å². The average Bonchev–Trinajstić information content (AvgIpc) is 3.09. The Hall–Kier alpha value is -3.42. The van der Waals surface area contributed by atoms with E-state index in [4.69, 9.17) is 14.9 Å². The Morgan fingerprint density at radius 3 is 2.62 bits per heavy atom. The second-order valence-corrected chi connectivity index (χ2v) is 4.90. The number of rotatable bonds is 6. The van der Waals surface area contributed by atoms with E-state index in [0.29, 0.717) is 6.42 Å². The molecule has 3 rings (SSSR count). The van der Waals surface area contributed by atoms with Crippen molar-refractivity contribution in [2.24, 2.45) is 0 Å². The molecule has 8 nitrogen and oxygen atoms in total. The quantitative estimate of drug-likeness (QED) is 0.546.